The zero-order valence-corrected chi connectivity index (χ0v) is 18.7. The number of nitrogens with zero attached hydrogens (tertiary/aromatic N) is 5. The van der Waals surface area contributed by atoms with Crippen molar-refractivity contribution in [2.45, 2.75) is 6.92 Å². The summed E-state index contributed by atoms with van der Waals surface area (Å²) in [4.78, 5) is 12.9. The van der Waals surface area contributed by atoms with E-state index in [1.807, 2.05) is 13.1 Å². The minimum atomic E-state index is 0.946. The maximum Gasteiger partial charge on any atom is 0.116 e. The Bertz CT molecular complexity index is 1430. The average molecular weight is 426 g/mol. The fourth-order valence-corrected chi connectivity index (χ4v) is 4.74. The second kappa shape index (κ2) is 7.24. The van der Waals surface area contributed by atoms with Crippen molar-refractivity contribution in [1.82, 2.24) is 29.6 Å². The Kier molecular flexibility index (Phi) is 4.33. The highest BCUT2D eigenvalue weighted by molar-refractivity contribution is 6.00. The van der Waals surface area contributed by atoms with Crippen LogP contribution in [0.4, 0.5) is 5.69 Å². The number of likely N-dealkylation sites (N-methyl/N-ethyl adjacent to an activating group) is 1. The van der Waals surface area contributed by atoms with Crippen molar-refractivity contribution in [2.75, 3.05) is 38.1 Å². The molecule has 1 aliphatic rings. The SMILES string of the molecule is Cc1ncc(-c2ccc3[nH]nc(-c4cc5c(N6CCN(C)CC6)cccc5[nH]4)c3c2)n1C. The molecule has 2 aromatic carbocycles. The molecule has 7 heteroatoms. The lowest BCUT2D eigenvalue weighted by atomic mass is 10.1. The van der Waals surface area contributed by atoms with Gasteiger partial charge in [-0.25, -0.2) is 4.98 Å². The Balaban J connectivity index is 1.45. The van der Waals surface area contributed by atoms with Gasteiger partial charge in [0.15, 0.2) is 0 Å². The molecule has 0 radical (unpaired) electrons. The van der Waals surface area contributed by atoms with E-state index in [0.717, 1.165) is 71.1 Å². The highest BCUT2D eigenvalue weighted by Gasteiger charge is 2.19. The Labute approximate surface area is 186 Å². The van der Waals surface area contributed by atoms with Gasteiger partial charge in [-0.1, -0.05) is 12.1 Å². The summed E-state index contributed by atoms with van der Waals surface area (Å²) in [5.74, 6) is 1.000. The monoisotopic (exact) mass is 425 g/mol. The van der Waals surface area contributed by atoms with Crippen LogP contribution in [0.15, 0.2) is 48.7 Å². The van der Waals surface area contributed by atoms with Crippen LogP contribution in [0.3, 0.4) is 0 Å². The molecule has 1 fully saturated rings. The van der Waals surface area contributed by atoms with Crippen molar-refractivity contribution < 1.29 is 0 Å². The molecule has 32 heavy (non-hydrogen) atoms. The summed E-state index contributed by atoms with van der Waals surface area (Å²) in [5.41, 5.74) is 7.69. The zero-order chi connectivity index (χ0) is 21.8. The van der Waals surface area contributed by atoms with Gasteiger partial charge >= 0.3 is 0 Å². The fraction of sp³-hybridized carbons (Fsp3) is 0.280. The molecule has 2 N–H and O–H groups in total. The van der Waals surface area contributed by atoms with Crippen molar-refractivity contribution >= 4 is 27.5 Å². The molecule has 4 heterocycles. The number of nitrogens with one attached hydrogen (secondary N) is 2. The lowest BCUT2D eigenvalue weighted by Gasteiger charge is -2.34. The predicted molar refractivity (Wildman–Crippen MR) is 130 cm³/mol. The van der Waals surface area contributed by atoms with Gasteiger partial charge in [0.05, 0.1) is 23.1 Å². The predicted octanol–water partition coefficient (Wildman–Crippen LogP) is 4.17. The second-order valence-corrected chi connectivity index (χ2v) is 8.79. The molecule has 0 bridgehead atoms. The van der Waals surface area contributed by atoms with Gasteiger partial charge in [0.2, 0.25) is 0 Å². The number of piperazine rings is 1. The van der Waals surface area contributed by atoms with E-state index >= 15 is 0 Å². The number of H-pyrrole nitrogens is 2. The van der Waals surface area contributed by atoms with Gasteiger partial charge in [-0.15, -0.1) is 0 Å². The van der Waals surface area contributed by atoms with E-state index in [9.17, 15) is 0 Å². The maximum atomic E-state index is 4.68. The van der Waals surface area contributed by atoms with Crippen LogP contribution in [-0.4, -0.2) is 62.9 Å². The van der Waals surface area contributed by atoms with Gasteiger partial charge < -0.3 is 19.4 Å². The first-order valence-corrected chi connectivity index (χ1v) is 11.1. The highest BCUT2D eigenvalue weighted by Crippen LogP contribution is 2.35. The van der Waals surface area contributed by atoms with E-state index in [1.165, 1.54) is 11.1 Å². The summed E-state index contributed by atoms with van der Waals surface area (Å²) in [5, 5.41) is 10.2. The van der Waals surface area contributed by atoms with E-state index < -0.39 is 0 Å². The van der Waals surface area contributed by atoms with Crippen LogP contribution in [0.1, 0.15) is 5.82 Å². The van der Waals surface area contributed by atoms with E-state index in [0.29, 0.717) is 0 Å². The molecule has 0 amide bonds. The molecule has 0 unspecified atom stereocenters. The van der Waals surface area contributed by atoms with Crippen molar-refractivity contribution in [3.8, 4) is 22.6 Å². The Morgan fingerprint density at radius 3 is 2.53 bits per heavy atom. The number of anilines is 1. The second-order valence-electron chi connectivity index (χ2n) is 8.79. The number of benzene rings is 2. The smallest absolute Gasteiger partial charge is 0.116 e. The molecule has 6 rings (SSSR count). The van der Waals surface area contributed by atoms with Crippen molar-refractivity contribution in [2.24, 2.45) is 7.05 Å². The zero-order valence-electron chi connectivity index (χ0n) is 18.7. The largest absolute Gasteiger partial charge is 0.368 e. The first kappa shape index (κ1) is 19.1. The maximum absolute atomic E-state index is 4.68. The van der Waals surface area contributed by atoms with Crippen LogP contribution < -0.4 is 4.90 Å². The topological polar surface area (TPSA) is 68.8 Å². The molecule has 1 saturated heterocycles. The number of hydrogen-bond donors (Lipinski definition) is 2. The quantitative estimate of drug-likeness (QED) is 0.455. The number of imidazole rings is 1. The number of aromatic nitrogens is 5. The molecule has 0 atom stereocenters. The van der Waals surface area contributed by atoms with Gasteiger partial charge in [0.1, 0.15) is 11.5 Å². The normalized spacial score (nSPS) is 15.3. The summed E-state index contributed by atoms with van der Waals surface area (Å²) in [6.07, 6.45) is 1.93. The summed E-state index contributed by atoms with van der Waals surface area (Å²) < 4.78 is 2.12. The highest BCUT2D eigenvalue weighted by atomic mass is 15.2. The first-order chi connectivity index (χ1) is 15.6. The van der Waals surface area contributed by atoms with Gasteiger partial charge in [-0.2, -0.15) is 5.10 Å². The van der Waals surface area contributed by atoms with E-state index in [4.69, 9.17) is 0 Å². The molecule has 7 nitrogen and oxygen atoms in total. The van der Waals surface area contributed by atoms with Crippen LogP contribution in [-0.2, 0) is 7.05 Å². The number of aryl methyl sites for hydroxylation is 1. The lowest BCUT2D eigenvalue weighted by molar-refractivity contribution is 0.313. The Hall–Kier alpha value is -3.58. The van der Waals surface area contributed by atoms with Crippen LogP contribution in [0.5, 0.6) is 0 Å². The fourth-order valence-electron chi connectivity index (χ4n) is 4.74. The number of aromatic amines is 2. The lowest BCUT2D eigenvalue weighted by Crippen LogP contribution is -2.44. The van der Waals surface area contributed by atoms with Crippen molar-refractivity contribution in [3.05, 3.63) is 54.5 Å². The molecule has 0 aliphatic carbocycles. The van der Waals surface area contributed by atoms with Gasteiger partial charge in [-0.05, 0) is 44.3 Å². The van der Waals surface area contributed by atoms with Crippen LogP contribution in [0.25, 0.3) is 44.5 Å². The van der Waals surface area contributed by atoms with E-state index in [1.54, 1.807) is 0 Å². The number of fused-ring (bicyclic) bond motifs is 2. The number of rotatable bonds is 3. The van der Waals surface area contributed by atoms with E-state index in [2.05, 4.69) is 91.1 Å². The minimum Gasteiger partial charge on any atom is -0.368 e. The molecule has 1 aliphatic heterocycles. The van der Waals surface area contributed by atoms with Crippen molar-refractivity contribution in [1.29, 1.82) is 0 Å². The number of hydrogen-bond acceptors (Lipinski definition) is 4. The third-order valence-corrected chi connectivity index (χ3v) is 6.82. The molecule has 0 spiro atoms. The average Bonchev–Trinajstić information content (AvgIpc) is 3.50. The van der Waals surface area contributed by atoms with Gasteiger partial charge in [0, 0.05) is 60.8 Å². The van der Waals surface area contributed by atoms with Gasteiger partial charge in [0.25, 0.3) is 0 Å². The van der Waals surface area contributed by atoms with Crippen molar-refractivity contribution in [3.63, 3.8) is 0 Å². The summed E-state index contributed by atoms with van der Waals surface area (Å²) >= 11 is 0. The van der Waals surface area contributed by atoms with Crippen LogP contribution in [0, 0.1) is 6.92 Å². The molecule has 162 valence electrons. The van der Waals surface area contributed by atoms with Gasteiger partial charge in [-0.3, -0.25) is 5.10 Å². The molecular weight excluding hydrogens is 398 g/mol. The molecule has 3 aromatic heterocycles. The first-order valence-electron chi connectivity index (χ1n) is 11.1. The molecular formula is C25H27N7. The molecule has 5 aromatic rings. The summed E-state index contributed by atoms with van der Waals surface area (Å²) in [7, 11) is 4.24. The third-order valence-electron chi connectivity index (χ3n) is 6.82. The van der Waals surface area contributed by atoms with E-state index in [-0.39, 0.29) is 0 Å². The Morgan fingerprint density at radius 1 is 0.906 bits per heavy atom. The standard InChI is InChI=1S/C25H27N7/c1-16-26-15-24(31(16)3)17-7-8-21-19(13-17)25(29-28-21)22-14-18-20(27-22)5-4-6-23(18)32-11-9-30(2)10-12-32/h4-8,13-15,27H,9-12H2,1-3H3,(H,28,29). The summed E-state index contributed by atoms with van der Waals surface area (Å²) in [6.45, 7) is 6.31. The minimum absolute atomic E-state index is 0.946. The molecule has 0 saturated carbocycles. The third kappa shape index (κ3) is 3.00. The van der Waals surface area contributed by atoms with Crippen LogP contribution in [0.2, 0.25) is 0 Å². The Morgan fingerprint density at radius 2 is 1.75 bits per heavy atom. The van der Waals surface area contributed by atoms with Crippen LogP contribution >= 0.6 is 0 Å². The summed E-state index contributed by atoms with van der Waals surface area (Å²) in [6, 6.07) is 15.2.